The van der Waals surface area contributed by atoms with E-state index in [0.29, 0.717) is 13.1 Å². The molecule has 0 aliphatic heterocycles. The highest BCUT2D eigenvalue weighted by Gasteiger charge is 2.21. The number of benzene rings is 1. The van der Waals surface area contributed by atoms with Crippen LogP contribution in [-0.2, 0) is 17.9 Å². The molecule has 2 N–H and O–H groups in total. The largest absolute Gasteiger partial charge is 0.350 e. The van der Waals surface area contributed by atoms with Crippen molar-refractivity contribution >= 4 is 5.91 Å². The number of carbonyl (C=O) groups excluding carboxylic acids is 1. The maximum absolute atomic E-state index is 12.9. The molecule has 1 atom stereocenters. The second-order valence-corrected chi connectivity index (χ2v) is 6.10. The Morgan fingerprint density at radius 3 is 2.08 bits per heavy atom. The first kappa shape index (κ1) is 17.8. The van der Waals surface area contributed by atoms with Gasteiger partial charge in [0.25, 0.3) is 0 Å². The van der Waals surface area contributed by atoms with E-state index >= 15 is 0 Å². The van der Waals surface area contributed by atoms with Gasteiger partial charge in [-0.3, -0.25) is 20.1 Å². The van der Waals surface area contributed by atoms with Gasteiger partial charge in [0.1, 0.15) is 6.04 Å². The zero-order valence-electron chi connectivity index (χ0n) is 14.7. The van der Waals surface area contributed by atoms with Crippen LogP contribution < -0.4 is 10.6 Å². The smallest absolute Gasteiger partial charge is 0.242 e. The first-order valence-electron chi connectivity index (χ1n) is 8.58. The highest BCUT2D eigenvalue weighted by molar-refractivity contribution is 5.83. The minimum atomic E-state index is -0.425. The number of nitrogens with zero attached hydrogens (tertiary/aromatic N) is 2. The SMILES string of the molecule is Cc1ccccc1C(NCc1ccncc1)C(=O)NCc1ccncc1. The summed E-state index contributed by atoms with van der Waals surface area (Å²) in [4.78, 5) is 20.9. The molecule has 132 valence electrons. The standard InChI is InChI=1S/C21H22N4O/c1-16-4-2-3-5-19(16)20(24-14-17-6-10-22-11-7-17)21(26)25-15-18-8-12-23-13-9-18/h2-13,20,24H,14-15H2,1H3,(H,25,26). The summed E-state index contributed by atoms with van der Waals surface area (Å²) in [6.07, 6.45) is 6.95. The molecule has 26 heavy (non-hydrogen) atoms. The Morgan fingerprint density at radius 1 is 0.885 bits per heavy atom. The molecule has 0 fully saturated rings. The number of hydrogen-bond acceptors (Lipinski definition) is 4. The topological polar surface area (TPSA) is 66.9 Å². The lowest BCUT2D eigenvalue weighted by Gasteiger charge is -2.21. The molecule has 1 amide bonds. The van der Waals surface area contributed by atoms with E-state index in [-0.39, 0.29) is 5.91 Å². The summed E-state index contributed by atoms with van der Waals surface area (Å²) in [7, 11) is 0. The zero-order valence-corrected chi connectivity index (χ0v) is 14.7. The van der Waals surface area contributed by atoms with E-state index in [2.05, 4.69) is 20.6 Å². The van der Waals surface area contributed by atoms with Gasteiger partial charge in [0, 0.05) is 37.9 Å². The summed E-state index contributed by atoms with van der Waals surface area (Å²) in [6.45, 7) is 3.08. The minimum Gasteiger partial charge on any atom is -0.350 e. The molecule has 1 aromatic carbocycles. The molecule has 0 radical (unpaired) electrons. The molecular formula is C21H22N4O. The molecule has 0 aliphatic rings. The quantitative estimate of drug-likeness (QED) is 0.690. The van der Waals surface area contributed by atoms with Crippen LogP contribution in [-0.4, -0.2) is 15.9 Å². The lowest BCUT2D eigenvalue weighted by atomic mass is 10.00. The third-order valence-electron chi connectivity index (χ3n) is 4.24. The number of hydrogen-bond donors (Lipinski definition) is 2. The van der Waals surface area contributed by atoms with Crippen LogP contribution in [0.25, 0.3) is 0 Å². The second kappa shape index (κ2) is 8.87. The van der Waals surface area contributed by atoms with Crippen LogP contribution >= 0.6 is 0 Å². The molecule has 2 aromatic heterocycles. The van der Waals surface area contributed by atoms with Gasteiger partial charge in [-0.15, -0.1) is 0 Å². The van der Waals surface area contributed by atoms with Gasteiger partial charge in [-0.2, -0.15) is 0 Å². The average molecular weight is 346 g/mol. The number of aryl methyl sites for hydroxylation is 1. The van der Waals surface area contributed by atoms with Crippen molar-refractivity contribution in [1.82, 2.24) is 20.6 Å². The maximum atomic E-state index is 12.9. The van der Waals surface area contributed by atoms with E-state index < -0.39 is 6.04 Å². The second-order valence-electron chi connectivity index (χ2n) is 6.10. The Labute approximate surface area is 153 Å². The number of carbonyl (C=O) groups is 1. The van der Waals surface area contributed by atoms with Crippen LogP contribution in [0.1, 0.15) is 28.3 Å². The first-order chi connectivity index (χ1) is 12.7. The van der Waals surface area contributed by atoms with Gasteiger partial charge in [0.2, 0.25) is 5.91 Å². The number of amides is 1. The molecule has 5 heteroatoms. The third kappa shape index (κ3) is 4.74. The molecule has 0 saturated heterocycles. The van der Waals surface area contributed by atoms with Crippen LogP contribution in [0.5, 0.6) is 0 Å². The van der Waals surface area contributed by atoms with Crippen molar-refractivity contribution in [3.63, 3.8) is 0 Å². The van der Waals surface area contributed by atoms with Crippen molar-refractivity contribution in [3.05, 3.63) is 95.6 Å². The highest BCUT2D eigenvalue weighted by Crippen LogP contribution is 2.18. The lowest BCUT2D eigenvalue weighted by Crippen LogP contribution is -2.37. The molecule has 5 nitrogen and oxygen atoms in total. The van der Waals surface area contributed by atoms with Gasteiger partial charge in [-0.1, -0.05) is 24.3 Å². The van der Waals surface area contributed by atoms with Crippen LogP contribution in [0.3, 0.4) is 0 Å². The summed E-state index contributed by atoms with van der Waals surface area (Å²) in [5.74, 6) is -0.0508. The Morgan fingerprint density at radius 2 is 1.46 bits per heavy atom. The van der Waals surface area contributed by atoms with Gasteiger partial charge < -0.3 is 5.32 Å². The summed E-state index contributed by atoms with van der Waals surface area (Å²) < 4.78 is 0. The fourth-order valence-electron chi connectivity index (χ4n) is 2.77. The predicted octanol–water partition coefficient (Wildman–Crippen LogP) is 2.93. The van der Waals surface area contributed by atoms with Gasteiger partial charge in [-0.05, 0) is 53.4 Å². The van der Waals surface area contributed by atoms with E-state index in [4.69, 9.17) is 0 Å². The van der Waals surface area contributed by atoms with Gasteiger partial charge in [0.15, 0.2) is 0 Å². The minimum absolute atomic E-state index is 0.0508. The summed E-state index contributed by atoms with van der Waals surface area (Å²) >= 11 is 0. The Hall–Kier alpha value is -3.05. The lowest BCUT2D eigenvalue weighted by molar-refractivity contribution is -0.123. The fraction of sp³-hybridized carbons (Fsp3) is 0.190. The van der Waals surface area contributed by atoms with Crippen LogP contribution in [0.4, 0.5) is 0 Å². The number of pyridine rings is 2. The number of aromatic nitrogens is 2. The fourth-order valence-corrected chi connectivity index (χ4v) is 2.77. The van der Waals surface area contributed by atoms with E-state index in [1.807, 2.05) is 55.5 Å². The van der Waals surface area contributed by atoms with E-state index in [0.717, 1.165) is 22.3 Å². The zero-order chi connectivity index (χ0) is 18.2. The number of nitrogens with one attached hydrogen (secondary N) is 2. The summed E-state index contributed by atoms with van der Waals surface area (Å²) in [6, 6.07) is 15.2. The molecule has 0 saturated carbocycles. The average Bonchev–Trinajstić information content (AvgIpc) is 2.69. The first-order valence-corrected chi connectivity index (χ1v) is 8.58. The van der Waals surface area contributed by atoms with Crippen LogP contribution in [0.2, 0.25) is 0 Å². The van der Waals surface area contributed by atoms with Crippen molar-refractivity contribution in [2.24, 2.45) is 0 Å². The van der Waals surface area contributed by atoms with Crippen LogP contribution in [0.15, 0.2) is 73.3 Å². The van der Waals surface area contributed by atoms with Gasteiger partial charge in [0.05, 0.1) is 0 Å². The molecule has 3 rings (SSSR count). The van der Waals surface area contributed by atoms with Crippen molar-refractivity contribution in [3.8, 4) is 0 Å². The monoisotopic (exact) mass is 346 g/mol. The highest BCUT2D eigenvalue weighted by atomic mass is 16.2. The van der Waals surface area contributed by atoms with Crippen molar-refractivity contribution < 1.29 is 4.79 Å². The van der Waals surface area contributed by atoms with E-state index in [1.54, 1.807) is 24.8 Å². The van der Waals surface area contributed by atoms with Gasteiger partial charge >= 0.3 is 0 Å². The summed E-state index contributed by atoms with van der Waals surface area (Å²) in [5.41, 5.74) is 4.17. The molecule has 0 spiro atoms. The molecular weight excluding hydrogens is 324 g/mol. The molecule has 3 aromatic rings. The van der Waals surface area contributed by atoms with E-state index in [9.17, 15) is 4.79 Å². The van der Waals surface area contributed by atoms with Gasteiger partial charge in [-0.25, -0.2) is 0 Å². The van der Waals surface area contributed by atoms with Crippen LogP contribution in [0, 0.1) is 6.92 Å². The van der Waals surface area contributed by atoms with Crippen molar-refractivity contribution in [2.75, 3.05) is 0 Å². The number of rotatable bonds is 7. The predicted molar refractivity (Wildman–Crippen MR) is 101 cm³/mol. The molecule has 0 bridgehead atoms. The van der Waals surface area contributed by atoms with Crippen molar-refractivity contribution in [2.45, 2.75) is 26.1 Å². The Kier molecular flexibility index (Phi) is 6.06. The molecule has 1 unspecified atom stereocenters. The Bertz CT molecular complexity index is 837. The maximum Gasteiger partial charge on any atom is 0.242 e. The Balaban J connectivity index is 1.73. The summed E-state index contributed by atoms with van der Waals surface area (Å²) in [5, 5.41) is 6.40. The molecule has 0 aliphatic carbocycles. The van der Waals surface area contributed by atoms with Crippen molar-refractivity contribution in [1.29, 1.82) is 0 Å². The molecule has 2 heterocycles. The normalized spacial score (nSPS) is 11.7. The third-order valence-corrected chi connectivity index (χ3v) is 4.24. The van der Waals surface area contributed by atoms with E-state index in [1.165, 1.54) is 0 Å².